The topological polar surface area (TPSA) is 78.9 Å². The summed E-state index contributed by atoms with van der Waals surface area (Å²) < 4.78 is 13.2. The molecule has 20 heavy (non-hydrogen) atoms. The van der Waals surface area contributed by atoms with E-state index in [-0.39, 0.29) is 16.1 Å². The van der Waals surface area contributed by atoms with Crippen molar-refractivity contribution in [2.24, 2.45) is 0 Å². The number of nitrogens with one attached hydrogen (secondary N) is 1. The molecule has 4 nitrogen and oxygen atoms in total. The Bertz CT molecular complexity index is 725. The van der Waals surface area contributed by atoms with Crippen molar-refractivity contribution in [3.63, 3.8) is 0 Å². The van der Waals surface area contributed by atoms with Gasteiger partial charge in [-0.3, -0.25) is 4.79 Å². The molecule has 0 saturated heterocycles. The molecule has 2 rings (SSSR count). The maximum atomic E-state index is 13.2. The van der Waals surface area contributed by atoms with Crippen LogP contribution in [0.1, 0.15) is 15.9 Å². The third kappa shape index (κ3) is 2.87. The Balaban J connectivity index is 2.26. The summed E-state index contributed by atoms with van der Waals surface area (Å²) in [4.78, 5) is 12.0. The molecule has 0 spiro atoms. The highest BCUT2D eigenvalue weighted by Crippen LogP contribution is 2.21. The molecule has 0 aromatic heterocycles. The number of nitrogens with zero attached hydrogens (tertiary/aromatic N) is 1. The molecule has 0 saturated carbocycles. The molecule has 0 aliphatic carbocycles. The molecule has 0 radical (unpaired) electrons. The van der Waals surface area contributed by atoms with Crippen molar-refractivity contribution in [1.29, 1.82) is 5.26 Å². The highest BCUT2D eigenvalue weighted by atomic mass is 35.5. The summed E-state index contributed by atoms with van der Waals surface area (Å²) >= 11 is 5.92. The number of amides is 1. The van der Waals surface area contributed by atoms with Crippen LogP contribution in [0.4, 0.5) is 15.8 Å². The van der Waals surface area contributed by atoms with E-state index < -0.39 is 11.7 Å². The Kier molecular flexibility index (Phi) is 3.87. The number of carbonyl (C=O) groups excluding carboxylic acids is 1. The lowest BCUT2D eigenvalue weighted by molar-refractivity contribution is 0.102. The van der Waals surface area contributed by atoms with Gasteiger partial charge >= 0.3 is 0 Å². The Labute approximate surface area is 119 Å². The first-order valence-electron chi connectivity index (χ1n) is 5.57. The van der Waals surface area contributed by atoms with E-state index in [1.165, 1.54) is 24.3 Å². The van der Waals surface area contributed by atoms with Gasteiger partial charge in [0, 0.05) is 11.4 Å². The minimum Gasteiger partial charge on any atom is -0.399 e. The second-order valence-corrected chi connectivity index (χ2v) is 4.41. The number of nitrogen functional groups attached to an aromatic ring is 1. The largest absolute Gasteiger partial charge is 0.399 e. The minimum absolute atomic E-state index is 0.147. The molecule has 100 valence electrons. The monoisotopic (exact) mass is 289 g/mol. The molecule has 6 heteroatoms. The Hall–Kier alpha value is -2.58. The van der Waals surface area contributed by atoms with Crippen LogP contribution in [0.5, 0.6) is 0 Å². The fourth-order valence-electron chi connectivity index (χ4n) is 1.60. The molecule has 0 bridgehead atoms. The molecular weight excluding hydrogens is 281 g/mol. The first-order chi connectivity index (χ1) is 9.51. The second-order valence-electron chi connectivity index (χ2n) is 4.00. The van der Waals surface area contributed by atoms with Gasteiger partial charge < -0.3 is 11.1 Å². The number of rotatable bonds is 2. The lowest BCUT2D eigenvalue weighted by Crippen LogP contribution is -2.12. The normalized spacial score (nSPS) is 9.85. The number of hydrogen-bond donors (Lipinski definition) is 2. The number of hydrogen-bond acceptors (Lipinski definition) is 3. The van der Waals surface area contributed by atoms with Crippen molar-refractivity contribution >= 4 is 28.9 Å². The van der Waals surface area contributed by atoms with Crippen molar-refractivity contribution in [2.45, 2.75) is 0 Å². The highest BCUT2D eigenvalue weighted by molar-refractivity contribution is 6.34. The van der Waals surface area contributed by atoms with Crippen LogP contribution in [-0.2, 0) is 0 Å². The van der Waals surface area contributed by atoms with E-state index in [1.54, 1.807) is 12.1 Å². The molecule has 0 unspecified atom stereocenters. The first-order valence-corrected chi connectivity index (χ1v) is 5.95. The number of halogens is 2. The molecule has 0 aliphatic rings. The number of benzene rings is 2. The molecular formula is C14H9ClFN3O. The summed E-state index contributed by atoms with van der Waals surface area (Å²) in [6.45, 7) is 0. The molecule has 0 fully saturated rings. The van der Waals surface area contributed by atoms with E-state index in [0.717, 1.165) is 6.07 Å². The van der Waals surface area contributed by atoms with Gasteiger partial charge in [0.15, 0.2) is 0 Å². The average molecular weight is 290 g/mol. The van der Waals surface area contributed by atoms with E-state index in [1.807, 2.05) is 0 Å². The van der Waals surface area contributed by atoms with Gasteiger partial charge in [-0.2, -0.15) is 5.26 Å². The SMILES string of the molecule is N#Cc1cc(NC(=O)c2ccc(N)cc2Cl)ccc1F. The predicted molar refractivity (Wildman–Crippen MR) is 74.9 cm³/mol. The van der Waals surface area contributed by atoms with Crippen molar-refractivity contribution in [1.82, 2.24) is 0 Å². The minimum atomic E-state index is -0.643. The third-order valence-electron chi connectivity index (χ3n) is 2.58. The van der Waals surface area contributed by atoms with Gasteiger partial charge in [0.1, 0.15) is 11.9 Å². The first kappa shape index (κ1) is 13.8. The smallest absolute Gasteiger partial charge is 0.257 e. The fraction of sp³-hybridized carbons (Fsp3) is 0. The van der Waals surface area contributed by atoms with Crippen molar-refractivity contribution in [3.05, 3.63) is 58.4 Å². The van der Waals surface area contributed by atoms with Crippen LogP contribution in [0.25, 0.3) is 0 Å². The predicted octanol–water partition coefficient (Wildman–Crippen LogP) is 3.19. The van der Waals surface area contributed by atoms with Gasteiger partial charge in [-0.05, 0) is 36.4 Å². The fourth-order valence-corrected chi connectivity index (χ4v) is 1.88. The van der Waals surface area contributed by atoms with Gasteiger partial charge in [0.2, 0.25) is 0 Å². The number of carbonyl (C=O) groups is 1. The van der Waals surface area contributed by atoms with Crippen molar-refractivity contribution in [2.75, 3.05) is 11.1 Å². The molecule has 3 N–H and O–H groups in total. The van der Waals surface area contributed by atoms with E-state index in [4.69, 9.17) is 22.6 Å². The molecule has 0 atom stereocenters. The van der Waals surface area contributed by atoms with Crippen LogP contribution >= 0.6 is 11.6 Å². The van der Waals surface area contributed by atoms with Crippen LogP contribution in [-0.4, -0.2) is 5.91 Å². The number of anilines is 2. The van der Waals surface area contributed by atoms with E-state index >= 15 is 0 Å². The van der Waals surface area contributed by atoms with Crippen LogP contribution < -0.4 is 11.1 Å². The van der Waals surface area contributed by atoms with Crippen molar-refractivity contribution < 1.29 is 9.18 Å². The number of nitriles is 1. The summed E-state index contributed by atoms with van der Waals surface area (Å²) in [6.07, 6.45) is 0. The standard InChI is InChI=1S/C14H9ClFN3O/c15-12-6-9(18)1-3-11(12)14(20)19-10-2-4-13(16)8(5-10)7-17/h1-6H,18H2,(H,19,20). The van der Waals surface area contributed by atoms with E-state index in [2.05, 4.69) is 5.32 Å². The average Bonchev–Trinajstić information content (AvgIpc) is 2.40. The van der Waals surface area contributed by atoms with Gasteiger partial charge in [0.25, 0.3) is 5.91 Å². The van der Waals surface area contributed by atoms with E-state index in [9.17, 15) is 9.18 Å². The highest BCUT2D eigenvalue weighted by Gasteiger charge is 2.12. The second kappa shape index (κ2) is 5.59. The maximum Gasteiger partial charge on any atom is 0.257 e. The molecule has 0 heterocycles. The van der Waals surface area contributed by atoms with Crippen LogP contribution in [0.2, 0.25) is 5.02 Å². The third-order valence-corrected chi connectivity index (χ3v) is 2.90. The number of nitrogens with two attached hydrogens (primary N) is 1. The van der Waals surface area contributed by atoms with Gasteiger partial charge in [-0.1, -0.05) is 11.6 Å². The quantitative estimate of drug-likeness (QED) is 0.833. The summed E-state index contributed by atoms with van der Waals surface area (Å²) in [5, 5.41) is 11.5. The van der Waals surface area contributed by atoms with E-state index in [0.29, 0.717) is 11.4 Å². The van der Waals surface area contributed by atoms with Crippen molar-refractivity contribution in [3.8, 4) is 6.07 Å². The zero-order chi connectivity index (χ0) is 14.7. The molecule has 2 aromatic rings. The maximum absolute atomic E-state index is 13.2. The molecule has 2 aromatic carbocycles. The zero-order valence-corrected chi connectivity index (χ0v) is 10.9. The molecule has 0 aliphatic heterocycles. The zero-order valence-electron chi connectivity index (χ0n) is 10.2. The van der Waals surface area contributed by atoms with Gasteiger partial charge in [-0.25, -0.2) is 4.39 Å². The van der Waals surface area contributed by atoms with Gasteiger partial charge in [0.05, 0.1) is 16.1 Å². The van der Waals surface area contributed by atoms with Crippen LogP contribution in [0.15, 0.2) is 36.4 Å². The lowest BCUT2D eigenvalue weighted by Gasteiger charge is -2.08. The Morgan fingerprint density at radius 3 is 2.70 bits per heavy atom. The van der Waals surface area contributed by atoms with Crippen LogP contribution in [0, 0.1) is 17.1 Å². The summed E-state index contributed by atoms with van der Waals surface area (Å²) in [5.74, 6) is -1.11. The Morgan fingerprint density at radius 1 is 1.30 bits per heavy atom. The summed E-state index contributed by atoms with van der Waals surface area (Å²) in [5.41, 5.74) is 6.38. The molecule has 1 amide bonds. The van der Waals surface area contributed by atoms with Crippen LogP contribution in [0.3, 0.4) is 0 Å². The Morgan fingerprint density at radius 2 is 2.05 bits per heavy atom. The summed E-state index contributed by atoms with van der Waals surface area (Å²) in [7, 11) is 0. The lowest BCUT2D eigenvalue weighted by atomic mass is 10.1. The summed E-state index contributed by atoms with van der Waals surface area (Å²) in [6, 6.07) is 9.91. The van der Waals surface area contributed by atoms with Gasteiger partial charge in [-0.15, -0.1) is 0 Å².